The van der Waals surface area contributed by atoms with Crippen LogP contribution in [0.1, 0.15) is 79.5 Å². The van der Waals surface area contributed by atoms with Crippen LogP contribution in [-0.2, 0) is 22.0 Å². The number of halogens is 2. The predicted octanol–water partition coefficient (Wildman–Crippen LogP) is 5.70. The Morgan fingerprint density at radius 3 is 2.32 bits per heavy atom. The van der Waals surface area contributed by atoms with E-state index in [1.165, 1.54) is 9.21 Å². The summed E-state index contributed by atoms with van der Waals surface area (Å²) in [6.07, 6.45) is 0.0341. The first-order valence-corrected chi connectivity index (χ1v) is 14.8. The Morgan fingerprint density at radius 1 is 1.13 bits per heavy atom. The average Bonchev–Trinajstić information content (AvgIpc) is 3.39. The van der Waals surface area contributed by atoms with Crippen LogP contribution >= 0.6 is 0 Å². The Labute approximate surface area is 224 Å². The number of benzene rings is 1. The van der Waals surface area contributed by atoms with Crippen molar-refractivity contribution in [3.8, 4) is 0 Å². The van der Waals surface area contributed by atoms with Gasteiger partial charge in [0.1, 0.15) is 5.82 Å². The van der Waals surface area contributed by atoms with Gasteiger partial charge in [-0.05, 0) is 64.2 Å². The van der Waals surface area contributed by atoms with Crippen molar-refractivity contribution in [3.63, 3.8) is 0 Å². The molecular weight excluding hydrogens is 514 g/mol. The second-order valence-corrected chi connectivity index (χ2v) is 14.8. The van der Waals surface area contributed by atoms with Crippen LogP contribution in [0.25, 0.3) is 11.0 Å². The molecule has 212 valence electrons. The molecule has 1 atom stereocenters. The lowest BCUT2D eigenvalue weighted by Crippen LogP contribution is -2.52. The molecule has 11 heteroatoms. The average molecular weight is 555 g/mol. The molecule has 2 heterocycles. The first-order valence-electron chi connectivity index (χ1n) is 13.3. The highest BCUT2D eigenvalue weighted by Gasteiger charge is 2.41. The fourth-order valence-electron chi connectivity index (χ4n) is 5.85. The monoisotopic (exact) mass is 554 g/mol. The zero-order valence-corrected chi connectivity index (χ0v) is 24.0. The minimum Gasteiger partial charge on any atom is -0.465 e. The molecule has 1 aliphatic heterocycles. The van der Waals surface area contributed by atoms with E-state index in [9.17, 15) is 27.1 Å². The van der Waals surface area contributed by atoms with Gasteiger partial charge in [-0.3, -0.25) is 4.90 Å². The molecule has 0 unspecified atom stereocenters. The third-order valence-electron chi connectivity index (χ3n) is 7.73. The van der Waals surface area contributed by atoms with Crippen molar-refractivity contribution in [2.75, 3.05) is 13.1 Å². The molecule has 1 N–H and O–H groups in total. The molecule has 1 aliphatic carbocycles. The van der Waals surface area contributed by atoms with Gasteiger partial charge in [0.05, 0.1) is 22.0 Å². The van der Waals surface area contributed by atoms with Crippen LogP contribution in [0, 0.1) is 5.92 Å². The summed E-state index contributed by atoms with van der Waals surface area (Å²) in [5, 5.41) is 9.74. The van der Waals surface area contributed by atoms with Crippen molar-refractivity contribution in [2.24, 2.45) is 5.92 Å². The van der Waals surface area contributed by atoms with Gasteiger partial charge in [0.25, 0.3) is 0 Å². The molecular formula is C27H40F2N4O4S. The van der Waals surface area contributed by atoms with Gasteiger partial charge in [-0.25, -0.2) is 27.0 Å². The Kier molecular flexibility index (Phi) is 7.36. The number of nitrogens with zero attached hydrogens (tertiary/aromatic N) is 4. The second-order valence-electron chi connectivity index (χ2n) is 12.9. The fraction of sp³-hybridized carbons (Fsp3) is 0.704. The van der Waals surface area contributed by atoms with Gasteiger partial charge in [0.15, 0.2) is 0 Å². The Morgan fingerprint density at radius 2 is 1.76 bits per heavy atom. The number of alkyl halides is 2. The molecule has 2 fully saturated rings. The van der Waals surface area contributed by atoms with Crippen molar-refractivity contribution in [1.29, 1.82) is 0 Å². The van der Waals surface area contributed by atoms with Crippen LogP contribution in [0.15, 0.2) is 23.1 Å². The van der Waals surface area contributed by atoms with E-state index in [1.807, 2.05) is 20.8 Å². The zero-order valence-electron chi connectivity index (χ0n) is 23.2. The van der Waals surface area contributed by atoms with Crippen molar-refractivity contribution in [2.45, 2.75) is 108 Å². The molecule has 0 radical (unpaired) electrons. The molecule has 4 rings (SSSR count). The minimum atomic E-state index is -3.87. The van der Waals surface area contributed by atoms with Crippen LogP contribution in [0.3, 0.4) is 0 Å². The minimum absolute atomic E-state index is 0.0952. The molecule has 1 aromatic heterocycles. The van der Waals surface area contributed by atoms with E-state index in [0.717, 1.165) is 11.3 Å². The van der Waals surface area contributed by atoms with Gasteiger partial charge >= 0.3 is 6.09 Å². The lowest BCUT2D eigenvalue weighted by atomic mass is 9.86. The van der Waals surface area contributed by atoms with Gasteiger partial charge in [0.2, 0.25) is 15.9 Å². The molecule has 1 aromatic carbocycles. The van der Waals surface area contributed by atoms with E-state index < -0.39 is 33.6 Å². The molecule has 1 amide bonds. The van der Waals surface area contributed by atoms with Gasteiger partial charge in [-0.1, -0.05) is 20.8 Å². The first-order chi connectivity index (χ1) is 17.4. The summed E-state index contributed by atoms with van der Waals surface area (Å²) in [6.45, 7) is 12.4. The van der Waals surface area contributed by atoms with Crippen LogP contribution in [0.2, 0.25) is 0 Å². The highest BCUT2D eigenvalue weighted by Crippen LogP contribution is 2.38. The number of amides is 1. The quantitative estimate of drug-likeness (QED) is 0.512. The van der Waals surface area contributed by atoms with E-state index in [-0.39, 0.29) is 42.2 Å². The van der Waals surface area contributed by atoms with Crippen LogP contribution in [0.4, 0.5) is 13.6 Å². The van der Waals surface area contributed by atoms with Gasteiger partial charge in [-0.2, -0.15) is 4.31 Å². The van der Waals surface area contributed by atoms with E-state index in [0.29, 0.717) is 31.3 Å². The fourth-order valence-corrected chi connectivity index (χ4v) is 7.36. The van der Waals surface area contributed by atoms with E-state index >= 15 is 0 Å². The molecule has 38 heavy (non-hydrogen) atoms. The normalized spacial score (nSPS) is 21.7. The van der Waals surface area contributed by atoms with E-state index in [2.05, 4.69) is 4.57 Å². The molecule has 1 saturated heterocycles. The molecule has 2 aromatic rings. The molecule has 1 saturated carbocycles. The maximum atomic E-state index is 13.7. The number of hydrogen-bond acceptors (Lipinski definition) is 4. The summed E-state index contributed by atoms with van der Waals surface area (Å²) in [6, 6.07) is 4.48. The maximum Gasteiger partial charge on any atom is 0.408 e. The van der Waals surface area contributed by atoms with Crippen molar-refractivity contribution in [3.05, 3.63) is 24.0 Å². The van der Waals surface area contributed by atoms with Crippen molar-refractivity contribution in [1.82, 2.24) is 18.8 Å². The number of fused-ring (bicyclic) bond motifs is 1. The smallest absolute Gasteiger partial charge is 0.408 e. The Balaban J connectivity index is 1.63. The zero-order chi connectivity index (χ0) is 28.3. The number of sulfonamides is 1. The van der Waals surface area contributed by atoms with Gasteiger partial charge in [0, 0.05) is 43.4 Å². The van der Waals surface area contributed by atoms with Gasteiger partial charge < -0.3 is 9.67 Å². The lowest BCUT2D eigenvalue weighted by Gasteiger charge is -2.37. The van der Waals surface area contributed by atoms with Gasteiger partial charge in [-0.15, -0.1) is 0 Å². The summed E-state index contributed by atoms with van der Waals surface area (Å²) >= 11 is 0. The largest absolute Gasteiger partial charge is 0.465 e. The van der Waals surface area contributed by atoms with Crippen molar-refractivity contribution < 1.29 is 27.1 Å². The summed E-state index contributed by atoms with van der Waals surface area (Å²) < 4.78 is 58.0. The highest BCUT2D eigenvalue weighted by atomic mass is 32.2. The third kappa shape index (κ3) is 5.68. The van der Waals surface area contributed by atoms with Crippen LogP contribution < -0.4 is 0 Å². The highest BCUT2D eigenvalue weighted by molar-refractivity contribution is 7.89. The summed E-state index contributed by atoms with van der Waals surface area (Å²) in [4.78, 5) is 18.2. The number of hydrogen-bond donors (Lipinski definition) is 1. The lowest BCUT2D eigenvalue weighted by molar-refractivity contribution is -0.0473. The number of carboxylic acid groups (broad SMARTS) is 1. The van der Waals surface area contributed by atoms with Crippen LogP contribution in [-0.4, -0.2) is 69.0 Å². The van der Waals surface area contributed by atoms with E-state index in [4.69, 9.17) is 4.98 Å². The van der Waals surface area contributed by atoms with E-state index in [1.54, 1.807) is 39.0 Å². The predicted molar refractivity (Wildman–Crippen MR) is 142 cm³/mol. The number of carbonyl (C=O) groups is 1. The van der Waals surface area contributed by atoms with Crippen LogP contribution in [0.5, 0.6) is 0 Å². The Bertz CT molecular complexity index is 1300. The molecule has 0 spiro atoms. The Hall–Kier alpha value is -2.27. The summed E-state index contributed by atoms with van der Waals surface area (Å²) in [5.74, 6) is -1.69. The molecule has 8 nitrogen and oxygen atoms in total. The molecule has 2 aliphatic rings. The second kappa shape index (κ2) is 9.73. The SMILES string of the molecule is CC(C)(C)c1nc2cc(S(=O)(=O)N3CC[C@H](N(C(=O)O)C(C)(C)C)C3)ccc2n1CC1CCC(F)(F)CC1. The number of imidazole rings is 1. The topological polar surface area (TPSA) is 95.7 Å². The summed E-state index contributed by atoms with van der Waals surface area (Å²) in [7, 11) is -3.87. The maximum absolute atomic E-state index is 13.7. The summed E-state index contributed by atoms with van der Waals surface area (Å²) in [5.41, 5.74) is 0.358. The van der Waals surface area contributed by atoms with Crippen molar-refractivity contribution >= 4 is 27.1 Å². The standard InChI is InChI=1S/C27H40F2N4O4S/c1-25(2,3)23-30-21-15-20(7-8-22(21)32(23)16-18-9-12-27(28,29)13-10-18)38(36,37)31-14-11-19(17-31)33(24(34)35)26(4,5)6/h7-8,15,18-19H,9-14,16-17H2,1-6H3,(H,34,35)/t19-/m0/s1. The third-order valence-corrected chi connectivity index (χ3v) is 9.59. The number of rotatable bonds is 5. The number of aromatic nitrogens is 2. The molecule has 0 bridgehead atoms. The first kappa shape index (κ1) is 28.7.